The highest BCUT2D eigenvalue weighted by Gasteiger charge is 2.17. The molecule has 1 atom stereocenters. The summed E-state index contributed by atoms with van der Waals surface area (Å²) in [7, 11) is 0. The van der Waals surface area contributed by atoms with Crippen LogP contribution < -0.4 is 5.48 Å². The fourth-order valence-electron chi connectivity index (χ4n) is 2.06. The zero-order valence-corrected chi connectivity index (χ0v) is 10.8. The topological polar surface area (TPSA) is 67.8 Å². The first-order valence-electron chi connectivity index (χ1n) is 6.57. The van der Waals surface area contributed by atoms with Gasteiger partial charge in [-0.25, -0.2) is 10.3 Å². The van der Waals surface area contributed by atoms with Gasteiger partial charge >= 0.3 is 0 Å². The van der Waals surface area contributed by atoms with Crippen molar-refractivity contribution in [3.05, 3.63) is 35.4 Å². The van der Waals surface area contributed by atoms with E-state index in [1.165, 1.54) is 0 Å². The number of carbonyl (C=O) groups is 1. The van der Waals surface area contributed by atoms with Crippen LogP contribution in [-0.4, -0.2) is 30.5 Å². The van der Waals surface area contributed by atoms with Gasteiger partial charge in [-0.05, 0) is 30.9 Å². The molecule has 0 saturated carbocycles. The zero-order valence-electron chi connectivity index (χ0n) is 10.8. The van der Waals surface area contributed by atoms with Crippen LogP contribution in [0.5, 0.6) is 0 Å². The van der Waals surface area contributed by atoms with Crippen LogP contribution in [-0.2, 0) is 16.0 Å². The van der Waals surface area contributed by atoms with E-state index in [0.717, 1.165) is 24.8 Å². The van der Waals surface area contributed by atoms with Gasteiger partial charge in [-0.3, -0.25) is 4.79 Å². The molecule has 2 rings (SSSR count). The Morgan fingerprint density at radius 3 is 3.00 bits per heavy atom. The Labute approximate surface area is 112 Å². The zero-order chi connectivity index (χ0) is 13.5. The van der Waals surface area contributed by atoms with E-state index < -0.39 is 0 Å². The van der Waals surface area contributed by atoms with E-state index >= 15 is 0 Å². The van der Waals surface area contributed by atoms with Gasteiger partial charge in [0.15, 0.2) is 6.29 Å². The van der Waals surface area contributed by atoms with E-state index in [0.29, 0.717) is 18.6 Å². The van der Waals surface area contributed by atoms with Gasteiger partial charge in [-0.2, -0.15) is 0 Å². The lowest BCUT2D eigenvalue weighted by molar-refractivity contribution is -0.186. The van der Waals surface area contributed by atoms with Gasteiger partial charge in [-0.15, -0.1) is 0 Å². The van der Waals surface area contributed by atoms with Crippen molar-refractivity contribution in [3.8, 4) is 0 Å². The molecule has 1 fully saturated rings. The summed E-state index contributed by atoms with van der Waals surface area (Å²) >= 11 is 0. The van der Waals surface area contributed by atoms with Crippen molar-refractivity contribution in [1.29, 1.82) is 0 Å². The Balaban J connectivity index is 1.91. The fraction of sp³-hybridized carbons (Fsp3) is 0.500. The molecule has 0 bridgehead atoms. The van der Waals surface area contributed by atoms with Crippen LogP contribution in [0.25, 0.3) is 0 Å². The van der Waals surface area contributed by atoms with Crippen LogP contribution in [0.15, 0.2) is 24.3 Å². The first kappa shape index (κ1) is 14.0. The number of hydrogen-bond donors (Lipinski definition) is 2. The second kappa shape index (κ2) is 7.23. The van der Waals surface area contributed by atoms with Gasteiger partial charge in [0, 0.05) is 25.2 Å². The molecular formula is C14H19NO4. The summed E-state index contributed by atoms with van der Waals surface area (Å²) in [4.78, 5) is 17.3. The lowest BCUT2D eigenvalue weighted by Gasteiger charge is -2.22. The van der Waals surface area contributed by atoms with Crippen LogP contribution in [0.4, 0.5) is 0 Å². The van der Waals surface area contributed by atoms with Crippen molar-refractivity contribution in [2.24, 2.45) is 0 Å². The molecule has 2 N–H and O–H groups in total. The van der Waals surface area contributed by atoms with E-state index in [2.05, 4.69) is 5.48 Å². The average molecular weight is 265 g/mol. The standard InChI is InChI=1S/C14H19NO4/c16-9-8-11-5-1-2-6-12(11)14(17)15-19-13-7-3-4-10-18-13/h1-2,5-6,13,16H,3-4,7-10H2,(H,15,17). The third-order valence-corrected chi connectivity index (χ3v) is 3.06. The minimum Gasteiger partial charge on any atom is -0.396 e. The lowest BCUT2D eigenvalue weighted by atomic mass is 10.0. The Hall–Kier alpha value is -1.43. The normalized spacial score (nSPS) is 19.1. The number of amides is 1. The smallest absolute Gasteiger partial charge is 0.275 e. The van der Waals surface area contributed by atoms with Crippen LogP contribution in [0, 0.1) is 0 Å². The number of benzene rings is 1. The number of ether oxygens (including phenoxy) is 1. The maximum absolute atomic E-state index is 12.0. The van der Waals surface area contributed by atoms with Crippen molar-refractivity contribution in [2.75, 3.05) is 13.2 Å². The number of nitrogens with one attached hydrogen (secondary N) is 1. The molecule has 1 aromatic rings. The fourth-order valence-corrected chi connectivity index (χ4v) is 2.06. The molecule has 0 aromatic heterocycles. The lowest BCUT2D eigenvalue weighted by Crippen LogP contribution is -2.33. The van der Waals surface area contributed by atoms with Crippen molar-refractivity contribution < 1.29 is 19.5 Å². The van der Waals surface area contributed by atoms with Crippen LogP contribution in [0.3, 0.4) is 0 Å². The highest BCUT2D eigenvalue weighted by Crippen LogP contribution is 2.13. The first-order chi connectivity index (χ1) is 9.31. The number of hydroxylamine groups is 1. The monoisotopic (exact) mass is 265 g/mol. The Morgan fingerprint density at radius 2 is 2.26 bits per heavy atom. The summed E-state index contributed by atoms with van der Waals surface area (Å²) < 4.78 is 5.37. The highest BCUT2D eigenvalue weighted by atomic mass is 16.8. The van der Waals surface area contributed by atoms with Gasteiger partial charge in [0.05, 0.1) is 0 Å². The molecule has 19 heavy (non-hydrogen) atoms. The molecule has 104 valence electrons. The van der Waals surface area contributed by atoms with Crippen LogP contribution in [0.2, 0.25) is 0 Å². The summed E-state index contributed by atoms with van der Waals surface area (Å²) in [6, 6.07) is 7.16. The molecule has 5 heteroatoms. The second-order valence-electron chi connectivity index (χ2n) is 4.48. The molecule has 1 saturated heterocycles. The van der Waals surface area contributed by atoms with Gasteiger partial charge in [-0.1, -0.05) is 18.2 Å². The van der Waals surface area contributed by atoms with Gasteiger partial charge in [0.2, 0.25) is 0 Å². The van der Waals surface area contributed by atoms with Crippen molar-refractivity contribution in [1.82, 2.24) is 5.48 Å². The quantitative estimate of drug-likeness (QED) is 0.790. The molecule has 5 nitrogen and oxygen atoms in total. The Kier molecular flexibility index (Phi) is 5.32. The van der Waals surface area contributed by atoms with Gasteiger partial charge < -0.3 is 9.84 Å². The highest BCUT2D eigenvalue weighted by molar-refractivity contribution is 5.94. The van der Waals surface area contributed by atoms with E-state index in [1.54, 1.807) is 12.1 Å². The number of rotatable bonds is 5. The summed E-state index contributed by atoms with van der Waals surface area (Å²) in [5.41, 5.74) is 3.74. The summed E-state index contributed by atoms with van der Waals surface area (Å²) in [6.07, 6.45) is 2.96. The molecule has 1 aromatic carbocycles. The molecule has 1 unspecified atom stereocenters. The Bertz CT molecular complexity index is 416. The largest absolute Gasteiger partial charge is 0.396 e. The third-order valence-electron chi connectivity index (χ3n) is 3.06. The van der Waals surface area contributed by atoms with Crippen molar-refractivity contribution in [3.63, 3.8) is 0 Å². The third kappa shape index (κ3) is 4.02. The van der Waals surface area contributed by atoms with Crippen LogP contribution >= 0.6 is 0 Å². The minimum atomic E-state index is -0.359. The van der Waals surface area contributed by atoms with Gasteiger partial charge in [0.1, 0.15) is 0 Å². The van der Waals surface area contributed by atoms with E-state index in [4.69, 9.17) is 14.7 Å². The predicted molar refractivity (Wildman–Crippen MR) is 69.4 cm³/mol. The second-order valence-corrected chi connectivity index (χ2v) is 4.48. The van der Waals surface area contributed by atoms with E-state index in [-0.39, 0.29) is 18.8 Å². The molecule has 1 heterocycles. The molecule has 1 aliphatic rings. The number of carbonyl (C=O) groups excluding carboxylic acids is 1. The first-order valence-corrected chi connectivity index (χ1v) is 6.57. The molecule has 0 spiro atoms. The van der Waals surface area contributed by atoms with Crippen molar-refractivity contribution in [2.45, 2.75) is 32.0 Å². The molecule has 0 aliphatic carbocycles. The maximum atomic E-state index is 12.0. The predicted octanol–water partition coefficient (Wildman–Crippen LogP) is 1.41. The van der Waals surface area contributed by atoms with Crippen molar-refractivity contribution >= 4 is 5.91 Å². The molecule has 1 amide bonds. The van der Waals surface area contributed by atoms with Gasteiger partial charge in [0.25, 0.3) is 5.91 Å². The minimum absolute atomic E-state index is 0.0108. The molecular weight excluding hydrogens is 246 g/mol. The summed E-state index contributed by atoms with van der Waals surface area (Å²) in [5, 5.41) is 8.98. The molecule has 0 radical (unpaired) electrons. The number of aliphatic hydroxyl groups excluding tert-OH is 1. The molecule has 1 aliphatic heterocycles. The number of hydrogen-bond acceptors (Lipinski definition) is 4. The number of aliphatic hydroxyl groups is 1. The average Bonchev–Trinajstić information content (AvgIpc) is 2.47. The van der Waals surface area contributed by atoms with E-state index in [9.17, 15) is 4.79 Å². The maximum Gasteiger partial charge on any atom is 0.275 e. The summed E-state index contributed by atoms with van der Waals surface area (Å²) in [6.45, 7) is 0.679. The van der Waals surface area contributed by atoms with E-state index in [1.807, 2.05) is 12.1 Å². The summed E-state index contributed by atoms with van der Waals surface area (Å²) in [5.74, 6) is -0.307. The Morgan fingerprint density at radius 1 is 1.42 bits per heavy atom. The SMILES string of the molecule is O=C(NOC1CCCCO1)c1ccccc1CCO. The van der Waals surface area contributed by atoms with Crippen LogP contribution in [0.1, 0.15) is 35.2 Å².